The van der Waals surface area contributed by atoms with Crippen molar-refractivity contribution in [3.05, 3.63) is 29.8 Å². The Morgan fingerprint density at radius 1 is 1.21 bits per heavy atom. The van der Waals surface area contributed by atoms with E-state index >= 15 is 0 Å². The van der Waals surface area contributed by atoms with Gasteiger partial charge in [-0.25, -0.2) is 0 Å². The molecule has 0 atom stereocenters. The number of carbonyl (C=O) groups excluding carboxylic acids is 1. The fourth-order valence-corrected chi connectivity index (χ4v) is 2.17. The predicted molar refractivity (Wildman–Crippen MR) is 83.9 cm³/mol. The zero-order valence-corrected chi connectivity index (χ0v) is 13.1. The van der Waals surface area contributed by atoms with E-state index in [9.17, 15) is 4.79 Å². The van der Waals surface area contributed by atoms with Crippen LogP contribution in [0, 0.1) is 12.3 Å². The van der Waals surface area contributed by atoms with E-state index in [4.69, 9.17) is 5.73 Å². The van der Waals surface area contributed by atoms with Gasteiger partial charge < -0.3 is 10.6 Å². The van der Waals surface area contributed by atoms with E-state index < -0.39 is 5.41 Å². The van der Waals surface area contributed by atoms with Gasteiger partial charge in [0.1, 0.15) is 0 Å². The van der Waals surface area contributed by atoms with E-state index in [1.54, 1.807) is 4.90 Å². The Morgan fingerprint density at radius 3 is 2.05 bits per heavy atom. The van der Waals surface area contributed by atoms with Crippen molar-refractivity contribution in [2.75, 3.05) is 18.5 Å². The third-order valence-electron chi connectivity index (χ3n) is 3.92. The highest BCUT2D eigenvalue weighted by molar-refractivity contribution is 5.97. The molecule has 0 saturated heterocycles. The Balaban J connectivity index is 0.00000324. The quantitative estimate of drug-likeness (QED) is 0.903. The number of aryl methyl sites for hydroxylation is 1. The molecule has 0 spiro atoms. The largest absolute Gasteiger partial charge is 0.329 e. The van der Waals surface area contributed by atoms with Crippen LogP contribution in [-0.2, 0) is 4.79 Å². The lowest BCUT2D eigenvalue weighted by molar-refractivity contribution is -0.127. The van der Waals surface area contributed by atoms with Crippen molar-refractivity contribution < 1.29 is 4.79 Å². The highest BCUT2D eigenvalue weighted by Crippen LogP contribution is 2.29. The van der Waals surface area contributed by atoms with Crippen LogP contribution in [0.4, 0.5) is 5.69 Å². The number of hydrogen-bond donors (Lipinski definition) is 1. The number of carbonyl (C=O) groups is 1. The van der Waals surface area contributed by atoms with Crippen molar-refractivity contribution in [3.63, 3.8) is 0 Å². The average molecular weight is 285 g/mol. The van der Waals surface area contributed by atoms with Crippen LogP contribution in [0.2, 0.25) is 0 Å². The van der Waals surface area contributed by atoms with E-state index in [-0.39, 0.29) is 18.3 Å². The van der Waals surface area contributed by atoms with Crippen molar-refractivity contribution >= 4 is 24.0 Å². The summed E-state index contributed by atoms with van der Waals surface area (Å²) in [5.41, 5.74) is 7.50. The molecule has 0 aliphatic carbocycles. The molecule has 1 rings (SSSR count). The molecule has 0 fully saturated rings. The first-order valence-electron chi connectivity index (χ1n) is 6.55. The molecule has 108 valence electrons. The highest BCUT2D eigenvalue weighted by atomic mass is 35.5. The van der Waals surface area contributed by atoms with E-state index in [2.05, 4.69) is 0 Å². The molecule has 2 N–H and O–H groups in total. The highest BCUT2D eigenvalue weighted by Gasteiger charge is 2.35. The minimum atomic E-state index is -0.431. The second-order valence-electron chi connectivity index (χ2n) is 4.89. The van der Waals surface area contributed by atoms with E-state index in [0.29, 0.717) is 6.54 Å². The number of nitrogens with two attached hydrogens (primary N) is 1. The molecule has 0 saturated carbocycles. The van der Waals surface area contributed by atoms with Crippen LogP contribution in [0.15, 0.2) is 24.3 Å². The van der Waals surface area contributed by atoms with Crippen LogP contribution in [0.1, 0.15) is 32.3 Å². The Hall–Kier alpha value is -1.06. The average Bonchev–Trinajstić information content (AvgIpc) is 2.41. The molecule has 0 heterocycles. The number of halogens is 1. The first-order valence-corrected chi connectivity index (χ1v) is 6.55. The van der Waals surface area contributed by atoms with Crippen LogP contribution in [0.3, 0.4) is 0 Å². The van der Waals surface area contributed by atoms with E-state index in [1.807, 2.05) is 52.1 Å². The number of benzene rings is 1. The normalized spacial score (nSPS) is 10.8. The van der Waals surface area contributed by atoms with Gasteiger partial charge in [-0.2, -0.15) is 0 Å². The molecule has 1 aromatic rings. The van der Waals surface area contributed by atoms with Crippen LogP contribution in [0.5, 0.6) is 0 Å². The summed E-state index contributed by atoms with van der Waals surface area (Å²) < 4.78 is 0. The van der Waals surface area contributed by atoms with Gasteiger partial charge in [-0.1, -0.05) is 31.5 Å². The standard InChI is InChI=1S/C15H24N2O.ClH/c1-5-15(6-2,11-16)14(18)17(4)13-9-7-12(3)8-10-13;/h7-10H,5-6,11,16H2,1-4H3;1H. The third-order valence-corrected chi connectivity index (χ3v) is 3.92. The number of rotatable bonds is 5. The minimum absolute atomic E-state index is 0. The van der Waals surface area contributed by atoms with Gasteiger partial charge in [0.15, 0.2) is 0 Å². The van der Waals surface area contributed by atoms with Gasteiger partial charge in [-0.15, -0.1) is 12.4 Å². The van der Waals surface area contributed by atoms with Crippen molar-refractivity contribution in [2.45, 2.75) is 33.6 Å². The maximum Gasteiger partial charge on any atom is 0.234 e. The van der Waals surface area contributed by atoms with Gasteiger partial charge in [0.2, 0.25) is 5.91 Å². The molecule has 0 bridgehead atoms. The Kier molecular flexibility index (Phi) is 7.09. The molecule has 4 heteroatoms. The minimum Gasteiger partial charge on any atom is -0.329 e. The molecule has 0 aliphatic rings. The third kappa shape index (κ3) is 3.71. The van der Waals surface area contributed by atoms with Crippen LogP contribution >= 0.6 is 12.4 Å². The zero-order chi connectivity index (χ0) is 13.8. The maximum atomic E-state index is 12.6. The Morgan fingerprint density at radius 2 is 1.68 bits per heavy atom. The molecule has 0 aromatic heterocycles. The smallest absolute Gasteiger partial charge is 0.234 e. The summed E-state index contributed by atoms with van der Waals surface area (Å²) >= 11 is 0. The topological polar surface area (TPSA) is 46.3 Å². The Labute approximate surface area is 122 Å². The fraction of sp³-hybridized carbons (Fsp3) is 0.533. The number of nitrogens with zero attached hydrogens (tertiary/aromatic N) is 1. The summed E-state index contributed by atoms with van der Waals surface area (Å²) in [7, 11) is 1.82. The lowest BCUT2D eigenvalue weighted by atomic mass is 9.81. The van der Waals surface area contributed by atoms with Gasteiger partial charge in [0.05, 0.1) is 5.41 Å². The predicted octanol–water partition coefficient (Wildman–Crippen LogP) is 3.14. The molecular formula is C15H25ClN2O. The van der Waals surface area contributed by atoms with Crippen molar-refractivity contribution in [1.82, 2.24) is 0 Å². The monoisotopic (exact) mass is 284 g/mol. The summed E-state index contributed by atoms with van der Waals surface area (Å²) in [6, 6.07) is 7.97. The second-order valence-corrected chi connectivity index (χ2v) is 4.89. The molecule has 1 amide bonds. The molecule has 1 aromatic carbocycles. The van der Waals surface area contributed by atoms with E-state index in [1.165, 1.54) is 5.56 Å². The number of anilines is 1. The van der Waals surface area contributed by atoms with Crippen molar-refractivity contribution in [2.24, 2.45) is 11.1 Å². The SMILES string of the molecule is CCC(CC)(CN)C(=O)N(C)c1ccc(C)cc1.Cl. The summed E-state index contributed by atoms with van der Waals surface area (Å²) in [4.78, 5) is 14.3. The maximum absolute atomic E-state index is 12.6. The van der Waals surface area contributed by atoms with Crippen LogP contribution in [0.25, 0.3) is 0 Å². The fourth-order valence-electron chi connectivity index (χ4n) is 2.17. The summed E-state index contributed by atoms with van der Waals surface area (Å²) in [6.45, 7) is 6.48. The van der Waals surface area contributed by atoms with Crippen LogP contribution in [-0.4, -0.2) is 19.5 Å². The van der Waals surface area contributed by atoms with E-state index in [0.717, 1.165) is 18.5 Å². The van der Waals surface area contributed by atoms with Gasteiger partial charge >= 0.3 is 0 Å². The molecule has 0 aliphatic heterocycles. The van der Waals surface area contributed by atoms with Crippen molar-refractivity contribution in [1.29, 1.82) is 0 Å². The number of amides is 1. The van der Waals surface area contributed by atoms with Gasteiger partial charge in [0, 0.05) is 19.3 Å². The first-order chi connectivity index (χ1) is 8.50. The summed E-state index contributed by atoms with van der Waals surface area (Å²) in [6.07, 6.45) is 1.55. The molecule has 19 heavy (non-hydrogen) atoms. The van der Waals surface area contributed by atoms with Crippen LogP contribution < -0.4 is 10.6 Å². The first kappa shape index (κ1) is 17.9. The lowest BCUT2D eigenvalue weighted by Gasteiger charge is -2.33. The Bertz CT molecular complexity index is 391. The zero-order valence-electron chi connectivity index (χ0n) is 12.3. The molecule has 0 unspecified atom stereocenters. The van der Waals surface area contributed by atoms with Crippen molar-refractivity contribution in [3.8, 4) is 0 Å². The lowest BCUT2D eigenvalue weighted by Crippen LogP contribution is -2.46. The van der Waals surface area contributed by atoms with Gasteiger partial charge in [-0.05, 0) is 31.9 Å². The van der Waals surface area contributed by atoms with Gasteiger partial charge in [0.25, 0.3) is 0 Å². The summed E-state index contributed by atoms with van der Waals surface area (Å²) in [5, 5.41) is 0. The summed E-state index contributed by atoms with van der Waals surface area (Å²) in [5.74, 6) is 0.110. The molecule has 3 nitrogen and oxygen atoms in total. The molecule has 0 radical (unpaired) electrons. The second kappa shape index (κ2) is 7.51. The molecular weight excluding hydrogens is 260 g/mol. The number of hydrogen-bond acceptors (Lipinski definition) is 2. The van der Waals surface area contributed by atoms with Gasteiger partial charge in [-0.3, -0.25) is 4.79 Å².